The van der Waals surface area contributed by atoms with Crippen molar-refractivity contribution in [2.24, 2.45) is 0 Å². The number of pyridine rings is 1. The molecule has 0 atom stereocenters. The number of hydrogen-bond donors (Lipinski definition) is 0. The Morgan fingerprint density at radius 3 is 2.73 bits per heavy atom. The lowest BCUT2D eigenvalue weighted by Crippen LogP contribution is -2.38. The van der Waals surface area contributed by atoms with Gasteiger partial charge in [0.2, 0.25) is 0 Å². The summed E-state index contributed by atoms with van der Waals surface area (Å²) in [5.74, 6) is 6.03. The van der Waals surface area contributed by atoms with E-state index in [1.165, 1.54) is 18.5 Å². The minimum absolute atomic E-state index is 0.00682. The predicted octanol–water partition coefficient (Wildman–Crippen LogP) is 3.84. The van der Waals surface area contributed by atoms with Gasteiger partial charge in [-0.3, -0.25) is 9.78 Å². The second-order valence-electron chi connectivity index (χ2n) is 8.80. The Morgan fingerprint density at radius 2 is 1.97 bits per heavy atom. The summed E-state index contributed by atoms with van der Waals surface area (Å²) in [4.78, 5) is 27.9. The van der Waals surface area contributed by atoms with Crippen LogP contribution in [0, 0.1) is 17.7 Å². The van der Waals surface area contributed by atoms with E-state index < -0.39 is 5.82 Å². The molecule has 1 aromatic carbocycles. The summed E-state index contributed by atoms with van der Waals surface area (Å²) >= 11 is 0. The van der Waals surface area contributed by atoms with Crippen LogP contribution in [0.15, 0.2) is 49.2 Å². The zero-order chi connectivity index (χ0) is 25.8. The fraction of sp³-hybridized carbons (Fsp3) is 0.286. The largest absolute Gasteiger partial charge is 0.329 e. The van der Waals surface area contributed by atoms with Crippen molar-refractivity contribution < 1.29 is 9.18 Å². The highest BCUT2D eigenvalue weighted by atomic mass is 19.1. The first-order valence-corrected chi connectivity index (χ1v) is 12.3. The van der Waals surface area contributed by atoms with Gasteiger partial charge in [-0.05, 0) is 37.1 Å². The highest BCUT2D eigenvalue weighted by Gasteiger charge is 2.25. The van der Waals surface area contributed by atoms with Gasteiger partial charge in [-0.25, -0.2) is 14.4 Å². The van der Waals surface area contributed by atoms with E-state index >= 15 is 4.39 Å². The van der Waals surface area contributed by atoms with E-state index in [1.54, 1.807) is 23.5 Å². The monoisotopic (exact) mass is 495 g/mol. The van der Waals surface area contributed by atoms with E-state index in [2.05, 4.69) is 43.9 Å². The zero-order valence-corrected chi connectivity index (χ0v) is 20.8. The molecular weight excluding hydrogens is 469 g/mol. The summed E-state index contributed by atoms with van der Waals surface area (Å²) < 4.78 is 17.2. The van der Waals surface area contributed by atoms with Gasteiger partial charge in [0.15, 0.2) is 5.82 Å². The summed E-state index contributed by atoms with van der Waals surface area (Å²) in [6.07, 6.45) is 7.46. The maximum atomic E-state index is 15.3. The summed E-state index contributed by atoms with van der Waals surface area (Å²) in [6, 6.07) is 8.48. The number of carbonyl (C=O) groups is 1. The third-order valence-corrected chi connectivity index (χ3v) is 6.32. The van der Waals surface area contributed by atoms with Gasteiger partial charge in [0, 0.05) is 36.1 Å². The lowest BCUT2D eigenvalue weighted by atomic mass is 10.0. The van der Waals surface area contributed by atoms with E-state index in [1.807, 2.05) is 23.6 Å². The molecule has 9 heteroatoms. The number of hydrogen-bond acceptors (Lipinski definition) is 6. The SMILES string of the molecule is CCCc1ccc(C#Cc2c(CC)ncnc2-c2ccc(C(=O)N3CCn4cnnc4C3)c(F)c2)cn1. The minimum Gasteiger partial charge on any atom is -0.329 e. The topological polar surface area (TPSA) is 89.7 Å². The molecular formula is C28H26FN7O. The van der Waals surface area contributed by atoms with Crippen molar-refractivity contribution in [1.82, 2.24) is 34.6 Å². The van der Waals surface area contributed by atoms with E-state index in [4.69, 9.17) is 0 Å². The number of rotatable bonds is 5. The van der Waals surface area contributed by atoms with Gasteiger partial charge in [-0.15, -0.1) is 10.2 Å². The average Bonchev–Trinajstić information content (AvgIpc) is 3.40. The van der Waals surface area contributed by atoms with Gasteiger partial charge >= 0.3 is 0 Å². The normalized spacial score (nSPS) is 12.6. The average molecular weight is 496 g/mol. The van der Waals surface area contributed by atoms with E-state index in [-0.39, 0.29) is 11.5 Å². The first-order valence-electron chi connectivity index (χ1n) is 12.3. The highest BCUT2D eigenvalue weighted by molar-refractivity contribution is 5.95. The number of fused-ring (bicyclic) bond motifs is 1. The molecule has 0 bridgehead atoms. The van der Waals surface area contributed by atoms with Crippen molar-refractivity contribution >= 4 is 5.91 Å². The number of nitrogens with zero attached hydrogens (tertiary/aromatic N) is 7. The van der Waals surface area contributed by atoms with Crippen molar-refractivity contribution in [2.45, 2.75) is 46.2 Å². The molecule has 0 saturated heterocycles. The molecule has 0 aliphatic carbocycles. The molecule has 186 valence electrons. The molecule has 1 aliphatic rings. The number of carbonyl (C=O) groups excluding carboxylic acids is 1. The Morgan fingerprint density at radius 1 is 1.08 bits per heavy atom. The van der Waals surface area contributed by atoms with Gasteiger partial charge in [0.05, 0.1) is 29.1 Å². The quantitative estimate of drug-likeness (QED) is 0.391. The van der Waals surface area contributed by atoms with Crippen molar-refractivity contribution in [3.8, 4) is 23.1 Å². The van der Waals surface area contributed by atoms with Crippen LogP contribution in [0.2, 0.25) is 0 Å². The lowest BCUT2D eigenvalue weighted by molar-refractivity contribution is 0.0702. The van der Waals surface area contributed by atoms with E-state index in [9.17, 15) is 4.79 Å². The van der Waals surface area contributed by atoms with Gasteiger partial charge < -0.3 is 9.47 Å². The Hall–Kier alpha value is -4.45. The second kappa shape index (κ2) is 10.7. The van der Waals surface area contributed by atoms with Gasteiger partial charge in [0.25, 0.3) is 5.91 Å². The van der Waals surface area contributed by atoms with Crippen molar-refractivity contribution in [3.63, 3.8) is 0 Å². The molecule has 0 spiro atoms. The summed E-state index contributed by atoms with van der Waals surface area (Å²) in [5, 5.41) is 7.91. The third kappa shape index (κ3) is 5.09. The Bertz CT molecular complexity index is 1500. The maximum absolute atomic E-state index is 15.3. The highest BCUT2D eigenvalue weighted by Crippen LogP contribution is 2.26. The summed E-state index contributed by atoms with van der Waals surface area (Å²) in [5.41, 5.74) is 4.28. The van der Waals surface area contributed by atoms with Crippen LogP contribution in [0.1, 0.15) is 59.0 Å². The summed E-state index contributed by atoms with van der Waals surface area (Å²) in [7, 11) is 0. The molecule has 0 unspecified atom stereocenters. The van der Waals surface area contributed by atoms with E-state index in [0.717, 1.165) is 29.8 Å². The van der Waals surface area contributed by atoms with Crippen LogP contribution < -0.4 is 0 Å². The fourth-order valence-corrected chi connectivity index (χ4v) is 4.32. The molecule has 37 heavy (non-hydrogen) atoms. The van der Waals surface area contributed by atoms with Crippen molar-refractivity contribution in [1.29, 1.82) is 0 Å². The molecule has 0 radical (unpaired) electrons. The predicted molar refractivity (Wildman–Crippen MR) is 136 cm³/mol. The van der Waals surface area contributed by atoms with Crippen LogP contribution in [0.25, 0.3) is 11.3 Å². The number of aryl methyl sites for hydroxylation is 2. The lowest BCUT2D eigenvalue weighted by Gasteiger charge is -2.27. The third-order valence-electron chi connectivity index (χ3n) is 6.32. The molecule has 5 rings (SSSR count). The molecule has 1 aliphatic heterocycles. The number of benzene rings is 1. The molecule has 0 fully saturated rings. The van der Waals surface area contributed by atoms with Crippen molar-refractivity contribution in [2.75, 3.05) is 6.54 Å². The fourth-order valence-electron chi connectivity index (χ4n) is 4.32. The van der Waals surface area contributed by atoms with Crippen LogP contribution in [0.4, 0.5) is 4.39 Å². The van der Waals surface area contributed by atoms with Crippen LogP contribution in [-0.4, -0.2) is 47.1 Å². The van der Waals surface area contributed by atoms with Crippen LogP contribution in [-0.2, 0) is 25.9 Å². The van der Waals surface area contributed by atoms with Gasteiger partial charge in [0.1, 0.15) is 18.5 Å². The molecule has 0 N–H and O–H groups in total. The zero-order valence-electron chi connectivity index (χ0n) is 20.8. The molecule has 0 saturated carbocycles. The first-order chi connectivity index (χ1) is 18.1. The maximum Gasteiger partial charge on any atom is 0.257 e. The van der Waals surface area contributed by atoms with Gasteiger partial charge in [-0.2, -0.15) is 0 Å². The second-order valence-corrected chi connectivity index (χ2v) is 8.80. The Kier molecular flexibility index (Phi) is 6.99. The number of amides is 1. The van der Waals surface area contributed by atoms with Crippen LogP contribution >= 0.6 is 0 Å². The number of halogens is 1. The Labute approximate surface area is 214 Å². The van der Waals surface area contributed by atoms with Crippen LogP contribution in [0.3, 0.4) is 0 Å². The minimum atomic E-state index is -0.610. The van der Waals surface area contributed by atoms with Crippen molar-refractivity contribution in [3.05, 3.63) is 88.9 Å². The standard InChI is InChI=1S/C28H26FN7O/c1-3-5-21-9-6-19(15-30-21)7-10-23-25(4-2)31-17-32-27(23)20-8-11-22(24(29)14-20)28(37)35-12-13-36-18-33-34-26(36)16-35/h6,8-9,11,14-15,17-18H,3-5,12-13,16H2,1-2H3. The van der Waals surface area contributed by atoms with Crippen LogP contribution in [0.5, 0.6) is 0 Å². The van der Waals surface area contributed by atoms with Gasteiger partial charge in [-0.1, -0.05) is 38.2 Å². The molecule has 3 aromatic heterocycles. The molecule has 8 nitrogen and oxygen atoms in total. The first kappa shape index (κ1) is 24.3. The summed E-state index contributed by atoms with van der Waals surface area (Å²) in [6.45, 7) is 5.43. The van der Waals surface area contributed by atoms with E-state index in [0.29, 0.717) is 48.7 Å². The Balaban J connectivity index is 1.44. The smallest absolute Gasteiger partial charge is 0.257 e. The molecule has 4 aromatic rings. The number of aromatic nitrogens is 6. The molecule has 4 heterocycles. The molecule has 1 amide bonds.